The van der Waals surface area contributed by atoms with Crippen LogP contribution in [-0.2, 0) is 0 Å². The first-order valence-electron chi connectivity index (χ1n) is 8.29. The molecule has 0 aliphatic carbocycles. The summed E-state index contributed by atoms with van der Waals surface area (Å²) in [5.74, 6) is 0.161. The lowest BCUT2D eigenvalue weighted by molar-refractivity contribution is 0.0563. The molecule has 1 N–H and O–H groups in total. The van der Waals surface area contributed by atoms with E-state index in [4.69, 9.17) is 0 Å². The number of imidazole rings is 1. The molecule has 0 saturated carbocycles. The molecule has 2 saturated heterocycles. The number of carbonyl (C=O) groups is 1. The van der Waals surface area contributed by atoms with E-state index in [1.54, 1.807) is 12.5 Å². The summed E-state index contributed by atoms with van der Waals surface area (Å²) in [5, 5.41) is 3.58. The van der Waals surface area contributed by atoms with Crippen LogP contribution in [0.15, 0.2) is 30.9 Å². The molecule has 4 heterocycles. The summed E-state index contributed by atoms with van der Waals surface area (Å²) in [5.41, 5.74) is 1.78. The molecular weight excluding hydrogens is 276 g/mol. The van der Waals surface area contributed by atoms with Gasteiger partial charge in [-0.15, -0.1) is 0 Å². The highest BCUT2D eigenvalue weighted by Crippen LogP contribution is 2.26. The average molecular weight is 298 g/mol. The molecule has 2 fully saturated rings. The van der Waals surface area contributed by atoms with E-state index in [1.165, 1.54) is 19.3 Å². The molecule has 22 heavy (non-hydrogen) atoms. The maximum atomic E-state index is 13.0. The van der Waals surface area contributed by atoms with Gasteiger partial charge in [-0.3, -0.25) is 4.79 Å². The third kappa shape index (κ3) is 2.39. The number of rotatable bonds is 2. The van der Waals surface area contributed by atoms with Gasteiger partial charge in [0.25, 0.3) is 5.91 Å². The van der Waals surface area contributed by atoms with Crippen LogP contribution in [0.3, 0.4) is 0 Å². The van der Waals surface area contributed by atoms with Crippen molar-refractivity contribution in [2.75, 3.05) is 13.1 Å². The molecule has 2 aromatic rings. The van der Waals surface area contributed by atoms with Crippen molar-refractivity contribution >= 4 is 11.4 Å². The summed E-state index contributed by atoms with van der Waals surface area (Å²) in [6.07, 6.45) is 11.3. The minimum absolute atomic E-state index is 0.161. The number of likely N-dealkylation sites (tertiary alicyclic amines) is 1. The van der Waals surface area contributed by atoms with Gasteiger partial charge in [-0.25, -0.2) is 4.98 Å². The first kappa shape index (κ1) is 13.8. The second kappa shape index (κ2) is 5.72. The largest absolute Gasteiger partial charge is 0.334 e. The van der Waals surface area contributed by atoms with Crippen LogP contribution in [0, 0.1) is 0 Å². The Balaban J connectivity index is 1.61. The molecule has 2 aliphatic rings. The van der Waals surface area contributed by atoms with Crippen LogP contribution in [0.2, 0.25) is 0 Å². The molecule has 2 atom stereocenters. The molecule has 1 amide bonds. The van der Waals surface area contributed by atoms with Crippen LogP contribution in [0.25, 0.3) is 5.52 Å². The van der Waals surface area contributed by atoms with Gasteiger partial charge in [0.05, 0.1) is 23.6 Å². The minimum atomic E-state index is 0.161. The lowest BCUT2D eigenvalue weighted by atomic mass is 9.94. The second-order valence-electron chi connectivity index (χ2n) is 6.41. The molecule has 5 nitrogen and oxygen atoms in total. The van der Waals surface area contributed by atoms with Crippen LogP contribution in [0.4, 0.5) is 0 Å². The van der Waals surface area contributed by atoms with Gasteiger partial charge < -0.3 is 14.6 Å². The number of hydrogen-bond donors (Lipinski definition) is 1. The lowest BCUT2D eigenvalue weighted by Gasteiger charge is -2.39. The molecule has 2 aliphatic heterocycles. The zero-order chi connectivity index (χ0) is 14.9. The third-order valence-corrected chi connectivity index (χ3v) is 5.03. The molecule has 0 spiro atoms. The van der Waals surface area contributed by atoms with Gasteiger partial charge in [-0.2, -0.15) is 0 Å². The van der Waals surface area contributed by atoms with Gasteiger partial charge in [0, 0.05) is 24.8 Å². The summed E-state index contributed by atoms with van der Waals surface area (Å²) in [6.45, 7) is 1.97. The predicted octanol–water partition coefficient (Wildman–Crippen LogP) is 2.08. The highest BCUT2D eigenvalue weighted by molar-refractivity contribution is 5.94. The smallest absolute Gasteiger partial charge is 0.255 e. The fraction of sp³-hybridized carbons (Fsp3) is 0.529. The highest BCUT2D eigenvalue weighted by Gasteiger charge is 2.34. The van der Waals surface area contributed by atoms with E-state index >= 15 is 0 Å². The lowest BCUT2D eigenvalue weighted by Crippen LogP contribution is -2.52. The monoisotopic (exact) mass is 298 g/mol. The topological polar surface area (TPSA) is 49.6 Å². The number of nitrogens with one attached hydrogen (secondary N) is 1. The molecule has 0 aromatic carbocycles. The highest BCUT2D eigenvalue weighted by atomic mass is 16.2. The Morgan fingerprint density at radius 3 is 3.05 bits per heavy atom. The molecule has 0 bridgehead atoms. The number of fused-ring (bicyclic) bond motifs is 1. The number of nitrogens with zero attached hydrogens (tertiary/aromatic N) is 3. The third-order valence-electron chi connectivity index (χ3n) is 5.03. The van der Waals surface area contributed by atoms with Gasteiger partial charge in [0.15, 0.2) is 0 Å². The molecule has 2 aromatic heterocycles. The van der Waals surface area contributed by atoms with E-state index in [9.17, 15) is 4.79 Å². The van der Waals surface area contributed by atoms with Crippen molar-refractivity contribution in [1.29, 1.82) is 0 Å². The first-order valence-corrected chi connectivity index (χ1v) is 8.29. The van der Waals surface area contributed by atoms with Crippen LogP contribution < -0.4 is 5.32 Å². The van der Waals surface area contributed by atoms with Gasteiger partial charge in [-0.05, 0) is 50.8 Å². The van der Waals surface area contributed by atoms with Crippen molar-refractivity contribution < 1.29 is 4.79 Å². The van der Waals surface area contributed by atoms with Crippen LogP contribution >= 0.6 is 0 Å². The zero-order valence-corrected chi connectivity index (χ0v) is 12.7. The molecule has 0 radical (unpaired) electrons. The number of pyridine rings is 1. The Hall–Kier alpha value is -1.88. The van der Waals surface area contributed by atoms with E-state index in [0.29, 0.717) is 12.1 Å². The van der Waals surface area contributed by atoms with Crippen molar-refractivity contribution in [2.45, 2.75) is 44.2 Å². The summed E-state index contributed by atoms with van der Waals surface area (Å²) in [4.78, 5) is 19.2. The van der Waals surface area contributed by atoms with Crippen molar-refractivity contribution in [3.8, 4) is 0 Å². The van der Waals surface area contributed by atoms with E-state index in [1.807, 2.05) is 22.7 Å². The Bertz CT molecular complexity index is 674. The van der Waals surface area contributed by atoms with E-state index in [0.717, 1.165) is 37.0 Å². The number of carbonyl (C=O) groups excluding carboxylic acids is 1. The van der Waals surface area contributed by atoms with Gasteiger partial charge in [-0.1, -0.05) is 0 Å². The second-order valence-corrected chi connectivity index (χ2v) is 6.41. The normalized spacial score (nSPS) is 25.7. The van der Waals surface area contributed by atoms with Crippen molar-refractivity contribution in [1.82, 2.24) is 19.6 Å². The van der Waals surface area contributed by atoms with Crippen molar-refractivity contribution in [3.63, 3.8) is 0 Å². The Kier molecular flexibility index (Phi) is 3.58. The van der Waals surface area contributed by atoms with Crippen LogP contribution in [0.1, 0.15) is 42.5 Å². The number of hydrogen-bond acceptors (Lipinski definition) is 3. The minimum Gasteiger partial charge on any atom is -0.334 e. The van der Waals surface area contributed by atoms with Gasteiger partial charge in [0.2, 0.25) is 0 Å². The standard InChI is InChI=1S/C17H22N4O/c22-17(13-6-7-14-10-18-12-20(14)11-13)21-9-2-1-5-16(21)15-4-3-8-19-15/h6-7,10-12,15-16,19H,1-5,8-9H2. The number of piperidine rings is 1. The number of amides is 1. The maximum absolute atomic E-state index is 13.0. The van der Waals surface area contributed by atoms with Gasteiger partial charge in [0.1, 0.15) is 0 Å². The molecular formula is C17H22N4O. The average Bonchev–Trinajstić information content (AvgIpc) is 3.24. The van der Waals surface area contributed by atoms with E-state index in [-0.39, 0.29) is 5.91 Å². The van der Waals surface area contributed by atoms with Gasteiger partial charge >= 0.3 is 0 Å². The Morgan fingerprint density at radius 1 is 1.23 bits per heavy atom. The summed E-state index contributed by atoms with van der Waals surface area (Å²) >= 11 is 0. The Labute approximate surface area is 130 Å². The Morgan fingerprint density at radius 2 is 2.18 bits per heavy atom. The summed E-state index contributed by atoms with van der Waals surface area (Å²) < 4.78 is 1.92. The zero-order valence-electron chi connectivity index (χ0n) is 12.7. The van der Waals surface area contributed by atoms with E-state index in [2.05, 4.69) is 15.2 Å². The summed E-state index contributed by atoms with van der Waals surface area (Å²) in [6, 6.07) is 4.71. The van der Waals surface area contributed by atoms with Crippen LogP contribution in [-0.4, -0.2) is 45.4 Å². The molecule has 2 unspecified atom stereocenters. The van der Waals surface area contributed by atoms with E-state index < -0.39 is 0 Å². The van der Waals surface area contributed by atoms with Crippen LogP contribution in [0.5, 0.6) is 0 Å². The molecule has 116 valence electrons. The number of aromatic nitrogens is 2. The fourth-order valence-corrected chi connectivity index (χ4v) is 3.88. The predicted molar refractivity (Wildman–Crippen MR) is 84.9 cm³/mol. The SMILES string of the molecule is O=C(c1ccc2cncn2c1)N1CCCCC1C1CCCN1. The molecule has 5 heteroatoms. The van der Waals surface area contributed by atoms with Crippen molar-refractivity contribution in [3.05, 3.63) is 36.4 Å². The quantitative estimate of drug-likeness (QED) is 0.923. The summed E-state index contributed by atoms with van der Waals surface area (Å²) in [7, 11) is 0. The van der Waals surface area contributed by atoms with Crippen molar-refractivity contribution in [2.24, 2.45) is 0 Å². The molecule has 4 rings (SSSR count). The fourth-order valence-electron chi connectivity index (χ4n) is 3.88. The maximum Gasteiger partial charge on any atom is 0.255 e. The first-order chi connectivity index (χ1) is 10.8.